The van der Waals surface area contributed by atoms with Gasteiger partial charge in [0.05, 0.1) is 19.7 Å². The number of nitrogens with two attached hydrogens (primary N) is 1. The van der Waals surface area contributed by atoms with Crippen LogP contribution in [0, 0.1) is 0 Å². The largest absolute Gasteiger partial charge is 0.381 e. The molecule has 10 heteroatoms. The number of carbonyl (C=O) groups excluding carboxylic acids is 3. The van der Waals surface area contributed by atoms with Gasteiger partial charge in [0.15, 0.2) is 5.78 Å². The van der Waals surface area contributed by atoms with Gasteiger partial charge in [0.2, 0.25) is 11.8 Å². The maximum absolute atomic E-state index is 12.0. The molecule has 2 N–H and O–H groups in total. The van der Waals surface area contributed by atoms with Gasteiger partial charge in [-0.15, -0.1) is 0 Å². The van der Waals surface area contributed by atoms with E-state index in [0.29, 0.717) is 26.1 Å². The summed E-state index contributed by atoms with van der Waals surface area (Å²) in [6, 6.07) is 0. The van der Waals surface area contributed by atoms with Crippen molar-refractivity contribution in [2.24, 2.45) is 10.8 Å². The van der Waals surface area contributed by atoms with Crippen LogP contribution in [0.25, 0.3) is 10.4 Å². The van der Waals surface area contributed by atoms with Crippen molar-refractivity contribution in [2.75, 3.05) is 53.5 Å². The Morgan fingerprint density at radius 3 is 2.38 bits per heavy atom. The van der Waals surface area contributed by atoms with Crippen LogP contribution in [-0.2, 0) is 19.1 Å². The minimum absolute atomic E-state index is 0.00349. The van der Waals surface area contributed by atoms with Crippen LogP contribution in [-0.4, -0.2) is 80.9 Å². The molecule has 10 nitrogen and oxygen atoms in total. The van der Waals surface area contributed by atoms with Gasteiger partial charge < -0.3 is 20.3 Å². The fraction of sp³-hybridized carbons (Fsp3) is 0.786. The fourth-order valence-corrected chi connectivity index (χ4v) is 1.78. The standard InChI is InChI=1S/C14H26N6O4/c1-19(14(23)11-20(2)13(22)5-6-15)10-12(21)4-3-8-24-9-7-17-18-16/h3-11,15H2,1-2H3. The second kappa shape index (κ2) is 13.3. The third-order valence-corrected chi connectivity index (χ3v) is 3.14. The zero-order valence-corrected chi connectivity index (χ0v) is 14.3. The Labute approximate surface area is 141 Å². The topological polar surface area (TPSA) is 142 Å². The molecule has 0 bridgehead atoms. The number of Topliss-reactive ketones (excluding diaryl/α,β-unsaturated/α-hetero) is 1. The minimum Gasteiger partial charge on any atom is -0.381 e. The first-order valence-electron chi connectivity index (χ1n) is 7.70. The molecule has 0 aromatic carbocycles. The number of carbonyl (C=O) groups is 3. The Kier molecular flexibility index (Phi) is 12.1. The van der Waals surface area contributed by atoms with Gasteiger partial charge in [0, 0.05) is 51.5 Å². The van der Waals surface area contributed by atoms with Crippen LogP contribution in [0.3, 0.4) is 0 Å². The Hall–Kier alpha value is -2.16. The number of rotatable bonds is 13. The molecule has 2 amide bonds. The SMILES string of the molecule is CN(CC(=O)CCCOCCN=[N+]=[N-])C(=O)CN(C)C(=O)CCN. The highest BCUT2D eigenvalue weighted by atomic mass is 16.5. The average Bonchev–Trinajstić information content (AvgIpc) is 2.53. The molecular weight excluding hydrogens is 316 g/mol. The molecule has 0 aliphatic heterocycles. The summed E-state index contributed by atoms with van der Waals surface area (Å²) in [6.45, 7) is 1.12. The van der Waals surface area contributed by atoms with Gasteiger partial charge in [0.25, 0.3) is 0 Å². The zero-order valence-electron chi connectivity index (χ0n) is 14.3. The monoisotopic (exact) mass is 342 g/mol. The van der Waals surface area contributed by atoms with Gasteiger partial charge >= 0.3 is 0 Å². The Bertz CT molecular complexity index is 464. The predicted molar refractivity (Wildman–Crippen MR) is 88.0 cm³/mol. The van der Waals surface area contributed by atoms with E-state index in [4.69, 9.17) is 16.0 Å². The molecule has 0 atom stereocenters. The molecule has 0 saturated heterocycles. The van der Waals surface area contributed by atoms with E-state index in [-0.39, 0.29) is 50.2 Å². The van der Waals surface area contributed by atoms with Crippen LogP contribution in [0.1, 0.15) is 19.3 Å². The summed E-state index contributed by atoms with van der Waals surface area (Å²) in [5.41, 5.74) is 13.4. The number of ketones is 1. The lowest BCUT2D eigenvalue weighted by molar-refractivity contribution is -0.139. The first-order valence-corrected chi connectivity index (χ1v) is 7.70. The van der Waals surface area contributed by atoms with Gasteiger partial charge in [-0.1, -0.05) is 5.11 Å². The molecule has 0 saturated carbocycles. The van der Waals surface area contributed by atoms with Gasteiger partial charge in [-0.2, -0.15) is 0 Å². The average molecular weight is 342 g/mol. The Morgan fingerprint density at radius 2 is 1.75 bits per heavy atom. The Morgan fingerprint density at radius 1 is 1.08 bits per heavy atom. The van der Waals surface area contributed by atoms with E-state index in [1.165, 1.54) is 23.9 Å². The van der Waals surface area contributed by atoms with Gasteiger partial charge in [-0.05, 0) is 12.0 Å². The van der Waals surface area contributed by atoms with Gasteiger partial charge in [0.1, 0.15) is 0 Å². The normalized spacial score (nSPS) is 9.96. The van der Waals surface area contributed by atoms with Crippen LogP contribution in [0.5, 0.6) is 0 Å². The second-order valence-electron chi connectivity index (χ2n) is 5.25. The molecule has 24 heavy (non-hydrogen) atoms. The second-order valence-corrected chi connectivity index (χ2v) is 5.25. The summed E-state index contributed by atoms with van der Waals surface area (Å²) in [5, 5.41) is 3.32. The molecule has 0 aromatic heterocycles. The summed E-state index contributed by atoms with van der Waals surface area (Å²) >= 11 is 0. The van der Waals surface area contributed by atoms with Crippen LogP contribution in [0.4, 0.5) is 0 Å². The molecule has 136 valence electrons. The van der Waals surface area contributed by atoms with Crippen LogP contribution in [0.15, 0.2) is 5.11 Å². The highest BCUT2D eigenvalue weighted by Gasteiger charge is 2.17. The third kappa shape index (κ3) is 10.5. The molecule has 0 radical (unpaired) electrons. The maximum Gasteiger partial charge on any atom is 0.242 e. The maximum atomic E-state index is 12.0. The molecule has 0 unspecified atom stereocenters. The first-order chi connectivity index (χ1) is 11.4. The van der Waals surface area contributed by atoms with Crippen molar-refractivity contribution in [1.29, 1.82) is 0 Å². The van der Waals surface area contributed by atoms with Crippen LogP contribution < -0.4 is 5.73 Å². The predicted octanol–water partition coefficient (Wildman–Crippen LogP) is -0.0718. The number of amides is 2. The first kappa shape index (κ1) is 21.8. The fourth-order valence-electron chi connectivity index (χ4n) is 1.78. The minimum atomic E-state index is -0.304. The number of ether oxygens (including phenoxy) is 1. The Balaban J connectivity index is 3.93. The van der Waals surface area contributed by atoms with E-state index in [1.54, 1.807) is 0 Å². The smallest absolute Gasteiger partial charge is 0.242 e. The molecule has 0 aromatic rings. The number of hydrogen-bond acceptors (Lipinski definition) is 6. The molecule has 0 heterocycles. The summed E-state index contributed by atoms with van der Waals surface area (Å²) in [6.07, 6.45) is 1.01. The molecule has 0 fully saturated rings. The lowest BCUT2D eigenvalue weighted by Gasteiger charge is -2.21. The number of nitrogens with zero attached hydrogens (tertiary/aromatic N) is 5. The van der Waals surface area contributed by atoms with E-state index in [9.17, 15) is 14.4 Å². The van der Waals surface area contributed by atoms with Crippen LogP contribution in [0.2, 0.25) is 0 Å². The van der Waals surface area contributed by atoms with Crippen molar-refractivity contribution >= 4 is 17.6 Å². The van der Waals surface area contributed by atoms with E-state index in [0.717, 1.165) is 0 Å². The lowest BCUT2D eigenvalue weighted by atomic mass is 10.2. The van der Waals surface area contributed by atoms with Crippen LogP contribution >= 0.6 is 0 Å². The summed E-state index contributed by atoms with van der Waals surface area (Å²) < 4.78 is 5.19. The number of azide groups is 1. The molecular formula is C14H26N6O4. The van der Waals surface area contributed by atoms with Crippen molar-refractivity contribution in [2.45, 2.75) is 19.3 Å². The van der Waals surface area contributed by atoms with Crippen molar-refractivity contribution < 1.29 is 19.1 Å². The van der Waals surface area contributed by atoms with Crippen molar-refractivity contribution in [3.63, 3.8) is 0 Å². The summed E-state index contributed by atoms with van der Waals surface area (Å²) in [4.78, 5) is 40.5. The van der Waals surface area contributed by atoms with Crippen molar-refractivity contribution in [3.8, 4) is 0 Å². The number of likely N-dealkylation sites (N-methyl/N-ethyl adjacent to an activating group) is 2. The third-order valence-electron chi connectivity index (χ3n) is 3.14. The summed E-state index contributed by atoms with van der Waals surface area (Å²) in [7, 11) is 3.05. The van der Waals surface area contributed by atoms with E-state index in [2.05, 4.69) is 10.0 Å². The molecule has 0 aliphatic rings. The molecule has 0 aliphatic carbocycles. The summed E-state index contributed by atoms with van der Waals surface area (Å²) in [5.74, 6) is -0.592. The number of hydrogen-bond donors (Lipinski definition) is 1. The lowest BCUT2D eigenvalue weighted by Crippen LogP contribution is -2.41. The van der Waals surface area contributed by atoms with Crippen molar-refractivity contribution in [1.82, 2.24) is 9.80 Å². The van der Waals surface area contributed by atoms with E-state index in [1.807, 2.05) is 0 Å². The quantitative estimate of drug-likeness (QED) is 0.216. The van der Waals surface area contributed by atoms with E-state index >= 15 is 0 Å². The zero-order chi connectivity index (χ0) is 18.4. The van der Waals surface area contributed by atoms with Gasteiger partial charge in [-0.3, -0.25) is 14.4 Å². The van der Waals surface area contributed by atoms with Gasteiger partial charge in [-0.25, -0.2) is 0 Å². The van der Waals surface area contributed by atoms with Crippen molar-refractivity contribution in [3.05, 3.63) is 10.4 Å². The highest BCUT2D eigenvalue weighted by Crippen LogP contribution is 1.97. The molecule has 0 spiro atoms. The van der Waals surface area contributed by atoms with E-state index < -0.39 is 0 Å². The highest BCUT2D eigenvalue weighted by molar-refractivity contribution is 5.88. The molecule has 0 rings (SSSR count).